The Hall–Kier alpha value is -2.15. The van der Waals surface area contributed by atoms with Crippen LogP contribution in [-0.4, -0.2) is 25.0 Å². The minimum Gasteiger partial charge on any atom is -0.301 e. The molecule has 0 aliphatic heterocycles. The van der Waals surface area contributed by atoms with Gasteiger partial charge in [0.2, 0.25) is 0 Å². The Bertz CT molecular complexity index is 856. The quantitative estimate of drug-likeness (QED) is 0.593. The van der Waals surface area contributed by atoms with Gasteiger partial charge in [-0.1, -0.05) is 25.6 Å². The minimum absolute atomic E-state index is 0.218. The molecule has 0 fully saturated rings. The van der Waals surface area contributed by atoms with Crippen LogP contribution in [0, 0.1) is 5.82 Å². The van der Waals surface area contributed by atoms with E-state index in [4.69, 9.17) is 0 Å². The molecule has 1 atom stereocenters. The maximum absolute atomic E-state index is 13.0. The number of benzene rings is 1. The summed E-state index contributed by atoms with van der Waals surface area (Å²) in [6, 6.07) is 5.91. The van der Waals surface area contributed by atoms with Crippen LogP contribution in [0.3, 0.4) is 0 Å². The van der Waals surface area contributed by atoms with Gasteiger partial charge in [-0.05, 0) is 30.7 Å². The monoisotopic (exact) mass is 318 g/mol. The lowest BCUT2D eigenvalue weighted by Gasteiger charge is -2.07. The molecule has 3 aromatic rings. The fourth-order valence-electron chi connectivity index (χ4n) is 2.00. The standard InChI is InChI=1S/C15H15FN4OS/c1-3-9(2)22-15-18-13-12(14(21)19-15)8-17-20(13)11-6-4-10(16)5-7-11/h4-9H,3H2,1-2H3,(H,18,19,21)/t9-/m0/s1. The second-order valence-corrected chi connectivity index (χ2v) is 6.41. The van der Waals surface area contributed by atoms with E-state index in [1.807, 2.05) is 0 Å². The van der Waals surface area contributed by atoms with Crippen LogP contribution in [0.4, 0.5) is 4.39 Å². The molecule has 0 saturated heterocycles. The number of hydrogen-bond donors (Lipinski definition) is 1. The van der Waals surface area contributed by atoms with E-state index in [0.29, 0.717) is 27.1 Å². The number of nitrogens with one attached hydrogen (secondary N) is 1. The van der Waals surface area contributed by atoms with Gasteiger partial charge in [0, 0.05) is 5.25 Å². The van der Waals surface area contributed by atoms with Gasteiger partial charge in [-0.25, -0.2) is 14.1 Å². The lowest BCUT2D eigenvalue weighted by molar-refractivity contribution is 0.627. The summed E-state index contributed by atoms with van der Waals surface area (Å²) in [5.74, 6) is -0.320. The van der Waals surface area contributed by atoms with Crippen molar-refractivity contribution in [2.24, 2.45) is 0 Å². The van der Waals surface area contributed by atoms with Crippen molar-refractivity contribution >= 4 is 22.8 Å². The fourth-order valence-corrected chi connectivity index (χ4v) is 2.84. The molecule has 0 aliphatic carbocycles. The van der Waals surface area contributed by atoms with Crippen molar-refractivity contribution in [1.29, 1.82) is 0 Å². The lowest BCUT2D eigenvalue weighted by atomic mass is 10.3. The van der Waals surface area contributed by atoms with Gasteiger partial charge in [-0.15, -0.1) is 0 Å². The van der Waals surface area contributed by atoms with Gasteiger partial charge >= 0.3 is 0 Å². The maximum atomic E-state index is 13.0. The predicted molar refractivity (Wildman–Crippen MR) is 85.1 cm³/mol. The highest BCUT2D eigenvalue weighted by Gasteiger charge is 2.13. The molecule has 0 spiro atoms. The molecule has 0 saturated carbocycles. The van der Waals surface area contributed by atoms with Gasteiger partial charge in [0.25, 0.3) is 5.56 Å². The zero-order valence-electron chi connectivity index (χ0n) is 12.2. The van der Waals surface area contributed by atoms with Crippen molar-refractivity contribution in [3.8, 4) is 5.69 Å². The molecule has 3 rings (SSSR count). The summed E-state index contributed by atoms with van der Waals surface area (Å²) in [5, 5.41) is 5.53. The van der Waals surface area contributed by atoms with Crippen molar-refractivity contribution in [3.05, 3.63) is 46.6 Å². The molecule has 5 nitrogen and oxygen atoms in total. The Labute approximate surface area is 130 Å². The molecule has 114 valence electrons. The van der Waals surface area contributed by atoms with Crippen LogP contribution in [-0.2, 0) is 0 Å². The van der Waals surface area contributed by atoms with Gasteiger partial charge in [0.15, 0.2) is 10.8 Å². The Kier molecular flexibility index (Phi) is 3.98. The third-order valence-electron chi connectivity index (χ3n) is 3.38. The van der Waals surface area contributed by atoms with Crippen LogP contribution in [0.2, 0.25) is 0 Å². The van der Waals surface area contributed by atoms with Crippen LogP contribution in [0.15, 0.2) is 40.4 Å². The highest BCUT2D eigenvalue weighted by Crippen LogP contribution is 2.22. The predicted octanol–water partition coefficient (Wildman–Crippen LogP) is 3.14. The number of aromatic amines is 1. The first-order valence-electron chi connectivity index (χ1n) is 6.99. The number of H-pyrrole nitrogens is 1. The van der Waals surface area contributed by atoms with Gasteiger partial charge in [0.05, 0.1) is 11.9 Å². The van der Waals surface area contributed by atoms with Gasteiger partial charge in [0.1, 0.15) is 11.2 Å². The van der Waals surface area contributed by atoms with Crippen molar-refractivity contribution < 1.29 is 4.39 Å². The largest absolute Gasteiger partial charge is 0.301 e. The molecule has 1 aromatic carbocycles. The summed E-state index contributed by atoms with van der Waals surface area (Å²) >= 11 is 1.51. The fraction of sp³-hybridized carbons (Fsp3) is 0.267. The highest BCUT2D eigenvalue weighted by molar-refractivity contribution is 7.99. The van der Waals surface area contributed by atoms with Crippen molar-refractivity contribution in [3.63, 3.8) is 0 Å². The summed E-state index contributed by atoms with van der Waals surface area (Å²) in [6.07, 6.45) is 2.45. The molecule has 1 N–H and O–H groups in total. The number of aromatic nitrogens is 4. The molecule has 0 radical (unpaired) electrons. The summed E-state index contributed by atoms with van der Waals surface area (Å²) < 4.78 is 14.6. The van der Waals surface area contributed by atoms with E-state index in [1.165, 1.54) is 30.1 Å². The Morgan fingerprint density at radius 3 is 2.77 bits per heavy atom. The van der Waals surface area contributed by atoms with Crippen LogP contribution in [0.5, 0.6) is 0 Å². The smallest absolute Gasteiger partial charge is 0.262 e. The summed E-state index contributed by atoms with van der Waals surface area (Å²) in [7, 11) is 0. The van der Waals surface area contributed by atoms with E-state index in [2.05, 4.69) is 28.9 Å². The average molecular weight is 318 g/mol. The number of nitrogens with zero attached hydrogens (tertiary/aromatic N) is 3. The number of hydrogen-bond acceptors (Lipinski definition) is 4. The SMILES string of the molecule is CC[C@H](C)Sc1nc2c(cnn2-c2ccc(F)cc2)c(=O)[nH]1. The third kappa shape index (κ3) is 2.76. The Balaban J connectivity index is 2.12. The number of rotatable bonds is 4. The number of halogens is 1. The van der Waals surface area contributed by atoms with Gasteiger partial charge in [-0.2, -0.15) is 5.10 Å². The second kappa shape index (κ2) is 5.92. The number of thioether (sulfide) groups is 1. The molecule has 0 amide bonds. The van der Waals surface area contributed by atoms with E-state index in [1.54, 1.807) is 16.8 Å². The maximum Gasteiger partial charge on any atom is 0.262 e. The average Bonchev–Trinajstić information content (AvgIpc) is 2.92. The van der Waals surface area contributed by atoms with Crippen molar-refractivity contribution in [1.82, 2.24) is 19.7 Å². The van der Waals surface area contributed by atoms with Crippen LogP contribution < -0.4 is 5.56 Å². The first-order valence-corrected chi connectivity index (χ1v) is 7.87. The molecule has 0 unspecified atom stereocenters. The van der Waals surface area contributed by atoms with Crippen molar-refractivity contribution in [2.45, 2.75) is 30.7 Å². The van der Waals surface area contributed by atoms with Crippen LogP contribution in [0.25, 0.3) is 16.7 Å². The molecule has 22 heavy (non-hydrogen) atoms. The first-order chi connectivity index (χ1) is 10.6. The normalized spacial score (nSPS) is 12.7. The van der Waals surface area contributed by atoms with E-state index in [0.717, 1.165) is 6.42 Å². The van der Waals surface area contributed by atoms with Crippen LogP contribution >= 0.6 is 11.8 Å². The van der Waals surface area contributed by atoms with E-state index in [-0.39, 0.29) is 11.4 Å². The van der Waals surface area contributed by atoms with Gasteiger partial charge in [-0.3, -0.25) is 4.79 Å². The lowest BCUT2D eigenvalue weighted by Crippen LogP contribution is -2.11. The van der Waals surface area contributed by atoms with E-state index >= 15 is 0 Å². The molecule has 0 bridgehead atoms. The van der Waals surface area contributed by atoms with E-state index in [9.17, 15) is 9.18 Å². The zero-order chi connectivity index (χ0) is 15.7. The molecular formula is C15H15FN4OS. The topological polar surface area (TPSA) is 63.6 Å². The highest BCUT2D eigenvalue weighted by atomic mass is 32.2. The van der Waals surface area contributed by atoms with Crippen LogP contribution in [0.1, 0.15) is 20.3 Å². The molecule has 0 aliphatic rings. The minimum atomic E-state index is -0.320. The molecule has 2 heterocycles. The summed E-state index contributed by atoms with van der Waals surface area (Å²) in [5.41, 5.74) is 0.916. The number of fused-ring (bicyclic) bond motifs is 1. The first kappa shape index (κ1) is 14.8. The zero-order valence-corrected chi connectivity index (χ0v) is 13.0. The molecular weight excluding hydrogens is 303 g/mol. The summed E-state index contributed by atoms with van der Waals surface area (Å²) in [6.45, 7) is 4.16. The Morgan fingerprint density at radius 2 is 2.09 bits per heavy atom. The van der Waals surface area contributed by atoms with Gasteiger partial charge < -0.3 is 4.98 Å². The molecule has 2 aromatic heterocycles. The third-order valence-corrected chi connectivity index (χ3v) is 4.53. The summed E-state index contributed by atoms with van der Waals surface area (Å²) in [4.78, 5) is 19.4. The van der Waals surface area contributed by atoms with E-state index < -0.39 is 0 Å². The van der Waals surface area contributed by atoms with Crippen molar-refractivity contribution in [2.75, 3.05) is 0 Å². The second-order valence-electron chi connectivity index (χ2n) is 4.98. The Morgan fingerprint density at radius 1 is 1.36 bits per heavy atom. The molecule has 7 heteroatoms.